The van der Waals surface area contributed by atoms with Gasteiger partial charge in [0.1, 0.15) is 9.96 Å². The Labute approximate surface area is 128 Å². The minimum absolute atomic E-state index is 0.293. The quantitative estimate of drug-likeness (QED) is 0.854. The molecule has 0 atom stereocenters. The Morgan fingerprint density at radius 2 is 2.05 bits per heavy atom. The second kappa shape index (κ2) is 6.46. The first-order valence-corrected chi connectivity index (χ1v) is 8.72. The molecule has 0 aliphatic heterocycles. The Morgan fingerprint density at radius 1 is 1.29 bits per heavy atom. The average molecular weight is 326 g/mol. The van der Waals surface area contributed by atoms with Gasteiger partial charge in [-0.15, -0.1) is 11.3 Å². The van der Waals surface area contributed by atoms with Gasteiger partial charge < -0.3 is 10.5 Å². The lowest BCUT2D eigenvalue weighted by atomic mass is 10.2. The van der Waals surface area contributed by atoms with Crippen LogP contribution in [0.5, 0.6) is 5.75 Å². The first kappa shape index (κ1) is 15.8. The highest BCUT2D eigenvalue weighted by Crippen LogP contribution is 2.27. The smallest absolute Gasteiger partial charge is 0.271 e. The van der Waals surface area contributed by atoms with Gasteiger partial charge in [0.25, 0.3) is 10.0 Å². The van der Waals surface area contributed by atoms with Crippen molar-refractivity contribution >= 4 is 27.0 Å². The van der Waals surface area contributed by atoms with E-state index in [0.717, 1.165) is 10.4 Å². The number of rotatable bonds is 6. The Morgan fingerprint density at radius 3 is 2.67 bits per heavy atom. The summed E-state index contributed by atoms with van der Waals surface area (Å²) in [5.74, 6) is 0.691. The van der Waals surface area contributed by atoms with Crippen molar-refractivity contribution in [2.24, 2.45) is 5.73 Å². The van der Waals surface area contributed by atoms with Gasteiger partial charge in [-0.1, -0.05) is 0 Å². The largest absolute Gasteiger partial charge is 0.497 e. The third-order valence-electron chi connectivity index (χ3n) is 2.97. The normalized spacial score (nSPS) is 11.4. The summed E-state index contributed by atoms with van der Waals surface area (Å²) in [7, 11) is -1.99. The molecule has 0 unspecified atom stereocenters. The molecule has 0 bridgehead atoms. The number of aryl methyl sites for hydroxylation is 1. The second-order valence-corrected chi connectivity index (χ2v) is 7.62. The molecule has 5 nitrogen and oxygen atoms in total. The van der Waals surface area contributed by atoms with Crippen molar-refractivity contribution in [2.45, 2.75) is 17.6 Å². The second-order valence-electron chi connectivity index (χ2n) is 4.55. The van der Waals surface area contributed by atoms with Crippen LogP contribution in [0.2, 0.25) is 0 Å². The molecule has 2 rings (SSSR count). The molecule has 1 aromatic heterocycles. The number of benzene rings is 1. The van der Waals surface area contributed by atoms with Gasteiger partial charge in [-0.3, -0.25) is 4.72 Å². The van der Waals surface area contributed by atoms with Gasteiger partial charge in [0.05, 0.1) is 12.8 Å². The molecule has 0 saturated heterocycles. The summed E-state index contributed by atoms with van der Waals surface area (Å²) < 4.78 is 32.7. The van der Waals surface area contributed by atoms with Gasteiger partial charge in [0.15, 0.2) is 0 Å². The number of methoxy groups -OCH3 is 1. The number of nitrogens with one attached hydrogen (secondary N) is 1. The van der Waals surface area contributed by atoms with Crippen molar-refractivity contribution in [3.05, 3.63) is 40.8 Å². The molecule has 0 radical (unpaired) electrons. The average Bonchev–Trinajstić information content (AvgIpc) is 2.91. The summed E-state index contributed by atoms with van der Waals surface area (Å²) >= 11 is 1.24. The molecule has 1 heterocycles. The molecule has 0 saturated carbocycles. The predicted octanol–water partition coefficient (Wildman–Crippen LogP) is 2.37. The Bertz CT molecular complexity index is 724. The molecule has 0 spiro atoms. The van der Waals surface area contributed by atoms with E-state index >= 15 is 0 Å². The fraction of sp³-hybridized carbons (Fsp3) is 0.286. The first-order chi connectivity index (χ1) is 9.96. The maximum Gasteiger partial charge on any atom is 0.271 e. The lowest BCUT2D eigenvalue weighted by Crippen LogP contribution is -2.12. The maximum atomic E-state index is 12.4. The van der Waals surface area contributed by atoms with E-state index in [1.54, 1.807) is 37.4 Å². The van der Waals surface area contributed by atoms with E-state index in [1.807, 2.05) is 6.92 Å². The molecule has 2 aromatic rings. The van der Waals surface area contributed by atoms with Crippen LogP contribution in [0, 0.1) is 6.92 Å². The highest BCUT2D eigenvalue weighted by Gasteiger charge is 2.18. The van der Waals surface area contributed by atoms with Crippen molar-refractivity contribution in [1.29, 1.82) is 0 Å². The van der Waals surface area contributed by atoms with Crippen LogP contribution in [-0.2, 0) is 16.4 Å². The fourth-order valence-corrected chi connectivity index (χ4v) is 4.35. The number of thiophene rings is 1. The zero-order chi connectivity index (χ0) is 15.5. The molecule has 0 aliphatic carbocycles. The maximum absolute atomic E-state index is 12.4. The van der Waals surface area contributed by atoms with Gasteiger partial charge in [0.2, 0.25) is 0 Å². The molecular weight excluding hydrogens is 308 g/mol. The van der Waals surface area contributed by atoms with Gasteiger partial charge in [-0.2, -0.15) is 0 Å². The summed E-state index contributed by atoms with van der Waals surface area (Å²) in [4.78, 5) is 0.962. The minimum atomic E-state index is -3.57. The van der Waals surface area contributed by atoms with Gasteiger partial charge in [-0.05, 0) is 55.8 Å². The summed E-state index contributed by atoms with van der Waals surface area (Å²) in [6.07, 6.45) is 0.682. The summed E-state index contributed by atoms with van der Waals surface area (Å²) in [6.45, 7) is 2.33. The van der Waals surface area contributed by atoms with Crippen molar-refractivity contribution in [3.63, 3.8) is 0 Å². The zero-order valence-corrected chi connectivity index (χ0v) is 13.6. The molecule has 0 aliphatic rings. The van der Waals surface area contributed by atoms with Crippen LogP contribution in [0.4, 0.5) is 5.69 Å². The third-order valence-corrected chi connectivity index (χ3v) is 5.97. The van der Waals surface area contributed by atoms with Crippen LogP contribution in [-0.4, -0.2) is 22.1 Å². The molecule has 3 N–H and O–H groups in total. The molecule has 0 amide bonds. The number of hydrogen-bond acceptors (Lipinski definition) is 5. The van der Waals surface area contributed by atoms with Gasteiger partial charge in [0, 0.05) is 4.88 Å². The van der Waals surface area contributed by atoms with E-state index in [0.29, 0.717) is 28.6 Å². The van der Waals surface area contributed by atoms with Crippen molar-refractivity contribution in [2.75, 3.05) is 18.4 Å². The standard InChI is InChI=1S/C14H18N2O3S2/c1-10-9-11(19-2)3-5-13(10)16-21(17,18)14-6-4-12(20-14)7-8-15/h3-6,9,16H,7-8,15H2,1-2H3. The van der Waals surface area contributed by atoms with E-state index in [9.17, 15) is 8.42 Å². The fourth-order valence-electron chi connectivity index (χ4n) is 1.85. The van der Waals surface area contributed by atoms with E-state index in [1.165, 1.54) is 11.3 Å². The van der Waals surface area contributed by atoms with E-state index in [-0.39, 0.29) is 0 Å². The van der Waals surface area contributed by atoms with E-state index in [4.69, 9.17) is 10.5 Å². The number of nitrogens with two attached hydrogens (primary N) is 1. The number of ether oxygens (including phenoxy) is 1. The minimum Gasteiger partial charge on any atom is -0.497 e. The van der Waals surface area contributed by atoms with Crippen LogP contribution in [0.3, 0.4) is 0 Å². The van der Waals surface area contributed by atoms with E-state index < -0.39 is 10.0 Å². The predicted molar refractivity (Wildman–Crippen MR) is 85.6 cm³/mol. The Hall–Kier alpha value is -1.57. The third kappa shape index (κ3) is 3.75. The van der Waals surface area contributed by atoms with Crippen LogP contribution in [0.25, 0.3) is 0 Å². The van der Waals surface area contributed by atoms with Crippen molar-refractivity contribution in [3.8, 4) is 5.75 Å². The molecule has 1 aromatic carbocycles. The van der Waals surface area contributed by atoms with Crippen LogP contribution in [0.1, 0.15) is 10.4 Å². The van der Waals surface area contributed by atoms with Crippen LogP contribution < -0.4 is 15.2 Å². The molecular formula is C14H18N2O3S2. The lowest BCUT2D eigenvalue weighted by molar-refractivity contribution is 0.414. The monoisotopic (exact) mass is 326 g/mol. The van der Waals surface area contributed by atoms with Crippen LogP contribution >= 0.6 is 11.3 Å². The topological polar surface area (TPSA) is 81.4 Å². The SMILES string of the molecule is COc1ccc(NS(=O)(=O)c2ccc(CCN)s2)c(C)c1. The Balaban J connectivity index is 2.24. The molecule has 114 valence electrons. The van der Waals surface area contributed by atoms with E-state index in [2.05, 4.69) is 4.72 Å². The summed E-state index contributed by atoms with van der Waals surface area (Å²) in [6, 6.07) is 8.61. The number of hydrogen-bond donors (Lipinski definition) is 2. The lowest BCUT2D eigenvalue weighted by Gasteiger charge is -2.10. The molecule has 21 heavy (non-hydrogen) atoms. The number of anilines is 1. The zero-order valence-electron chi connectivity index (χ0n) is 11.9. The van der Waals surface area contributed by atoms with Gasteiger partial charge >= 0.3 is 0 Å². The highest BCUT2D eigenvalue weighted by atomic mass is 32.2. The van der Waals surface area contributed by atoms with Gasteiger partial charge in [-0.25, -0.2) is 8.42 Å². The van der Waals surface area contributed by atoms with Crippen molar-refractivity contribution in [1.82, 2.24) is 0 Å². The molecule has 0 fully saturated rings. The first-order valence-electron chi connectivity index (χ1n) is 6.42. The summed E-state index contributed by atoms with van der Waals surface area (Å²) in [5, 5.41) is 0. The molecule has 7 heteroatoms. The Kier molecular flexibility index (Phi) is 4.87. The number of sulfonamides is 1. The summed E-state index contributed by atoms with van der Waals surface area (Å²) in [5.41, 5.74) is 6.83. The van der Waals surface area contributed by atoms with Crippen LogP contribution in [0.15, 0.2) is 34.5 Å². The highest BCUT2D eigenvalue weighted by molar-refractivity contribution is 7.94. The van der Waals surface area contributed by atoms with Crippen molar-refractivity contribution < 1.29 is 13.2 Å².